The molecule has 4 nitrogen and oxygen atoms in total. The molecule has 0 aliphatic heterocycles. The summed E-state index contributed by atoms with van der Waals surface area (Å²) in [6, 6.07) is 0. The van der Waals surface area contributed by atoms with E-state index in [1.807, 2.05) is 0 Å². The second-order valence-electron chi connectivity index (χ2n) is 0.958. The first-order valence-electron chi connectivity index (χ1n) is 1.40. The average molecular weight is 145 g/mol. The van der Waals surface area contributed by atoms with Gasteiger partial charge in [-0.05, 0) is 11.8 Å². The third-order valence-electron chi connectivity index (χ3n) is 0.359. The quantitative estimate of drug-likeness (QED) is 0.408. The molecular formula is CH5ClNO3P. The minimum Gasteiger partial charge on any atom is -0.312 e. The Morgan fingerprint density at radius 1 is 1.71 bits per heavy atom. The third-order valence-corrected chi connectivity index (χ3v) is 1.67. The molecule has 0 saturated carbocycles. The summed E-state index contributed by atoms with van der Waals surface area (Å²) >= 11 is 4.82. The zero-order valence-corrected chi connectivity index (χ0v) is 5.23. The third kappa shape index (κ3) is 3.02. The van der Waals surface area contributed by atoms with Crippen LogP contribution in [0.5, 0.6) is 0 Å². The van der Waals surface area contributed by atoms with Crippen LogP contribution in [0.1, 0.15) is 0 Å². The Balaban J connectivity index is 3.80. The van der Waals surface area contributed by atoms with Gasteiger partial charge in [0.25, 0.3) is 0 Å². The number of hydrogen-bond acceptors (Lipinski definition) is 1. The van der Waals surface area contributed by atoms with Gasteiger partial charge >= 0.3 is 7.75 Å². The molecule has 0 spiro atoms. The SMILES string of the molecule is CN(Cl)P(=O)(O)O. The fourth-order valence-corrected chi connectivity index (χ4v) is 0. The normalized spacial score (nSPS) is 12.7. The summed E-state index contributed by atoms with van der Waals surface area (Å²) in [5.41, 5.74) is 0. The Labute approximate surface area is 46.0 Å². The smallest absolute Gasteiger partial charge is 0.312 e. The molecule has 0 aliphatic rings. The van der Waals surface area contributed by atoms with Crippen molar-refractivity contribution in [3.05, 3.63) is 0 Å². The summed E-state index contributed by atoms with van der Waals surface area (Å²) < 4.78 is 10.1. The predicted octanol–water partition coefficient (Wildman–Crippen LogP) is 0.165. The van der Waals surface area contributed by atoms with E-state index in [0.717, 1.165) is 7.05 Å². The molecule has 0 aliphatic carbocycles. The number of rotatable bonds is 1. The van der Waals surface area contributed by atoms with Crippen LogP contribution in [0.3, 0.4) is 0 Å². The van der Waals surface area contributed by atoms with Gasteiger partial charge in [-0.1, -0.05) is 0 Å². The van der Waals surface area contributed by atoms with Gasteiger partial charge in [0.1, 0.15) is 0 Å². The fourth-order valence-electron chi connectivity index (χ4n) is 0. The lowest BCUT2D eigenvalue weighted by Gasteiger charge is -2.05. The Bertz CT molecular complexity index is 97.1. The molecule has 6 heteroatoms. The molecule has 0 amide bonds. The van der Waals surface area contributed by atoms with Gasteiger partial charge in [0, 0.05) is 7.05 Å². The monoisotopic (exact) mass is 145 g/mol. The van der Waals surface area contributed by atoms with Gasteiger partial charge in [0.2, 0.25) is 0 Å². The molecule has 0 radical (unpaired) electrons. The van der Waals surface area contributed by atoms with Gasteiger partial charge in [-0.2, -0.15) is 0 Å². The maximum atomic E-state index is 9.82. The van der Waals surface area contributed by atoms with Crippen LogP contribution in [0.25, 0.3) is 0 Å². The van der Waals surface area contributed by atoms with E-state index in [1.165, 1.54) is 0 Å². The molecule has 2 N–H and O–H groups in total. The van der Waals surface area contributed by atoms with Crippen LogP contribution in [-0.4, -0.2) is 21.0 Å². The lowest BCUT2D eigenvalue weighted by atomic mass is 11.6. The molecule has 0 heterocycles. The van der Waals surface area contributed by atoms with Crippen molar-refractivity contribution in [1.29, 1.82) is 0 Å². The van der Waals surface area contributed by atoms with Crippen LogP contribution >= 0.6 is 19.5 Å². The summed E-state index contributed by atoms with van der Waals surface area (Å²) in [7, 11) is -3.05. The maximum Gasteiger partial charge on any atom is 0.416 e. The van der Waals surface area contributed by atoms with E-state index in [2.05, 4.69) is 0 Å². The van der Waals surface area contributed by atoms with Crippen LogP contribution in [0.4, 0.5) is 0 Å². The highest BCUT2D eigenvalue weighted by molar-refractivity contribution is 7.50. The van der Waals surface area contributed by atoms with Gasteiger partial charge in [-0.25, -0.2) is 4.57 Å². The van der Waals surface area contributed by atoms with Crippen molar-refractivity contribution in [2.45, 2.75) is 0 Å². The summed E-state index contributed by atoms with van der Waals surface area (Å²) in [6.07, 6.45) is 0. The Morgan fingerprint density at radius 3 is 1.86 bits per heavy atom. The predicted molar refractivity (Wildman–Crippen MR) is 25.7 cm³/mol. The summed E-state index contributed by atoms with van der Waals surface area (Å²) in [4.78, 5) is 16.0. The van der Waals surface area contributed by atoms with E-state index < -0.39 is 7.75 Å². The minimum atomic E-state index is -4.14. The standard InChI is InChI=1S/CH5ClNO3P/c1-3(2)7(4,5)6/h1H3,(H2,4,5,6). The molecule has 0 rings (SSSR count). The van der Waals surface area contributed by atoms with Crippen LogP contribution < -0.4 is 0 Å². The number of nitrogens with zero attached hydrogens (tertiary/aromatic N) is 1. The molecule has 0 atom stereocenters. The molecule has 0 bridgehead atoms. The average Bonchev–Trinajstić information content (AvgIpc) is 1.31. The number of hydrogen-bond donors (Lipinski definition) is 2. The Hall–Kier alpha value is 0.400. The van der Waals surface area contributed by atoms with E-state index in [1.54, 1.807) is 0 Å². The van der Waals surface area contributed by atoms with Crippen molar-refractivity contribution in [2.75, 3.05) is 7.05 Å². The molecule has 0 unspecified atom stereocenters. The van der Waals surface area contributed by atoms with E-state index in [-0.39, 0.29) is 0 Å². The zero-order chi connectivity index (χ0) is 6.08. The molecule has 0 saturated heterocycles. The zero-order valence-electron chi connectivity index (χ0n) is 3.58. The molecule has 0 fully saturated rings. The molecular weight excluding hydrogens is 140 g/mol. The van der Waals surface area contributed by atoms with Crippen molar-refractivity contribution in [1.82, 2.24) is 4.19 Å². The number of halogens is 1. The first kappa shape index (κ1) is 7.40. The maximum absolute atomic E-state index is 9.82. The second-order valence-corrected chi connectivity index (χ2v) is 3.33. The Kier molecular flexibility index (Phi) is 2.23. The molecule has 44 valence electrons. The lowest BCUT2D eigenvalue weighted by molar-refractivity contribution is 0.335. The van der Waals surface area contributed by atoms with E-state index in [4.69, 9.17) is 21.6 Å². The van der Waals surface area contributed by atoms with Gasteiger partial charge < -0.3 is 9.79 Å². The summed E-state index contributed by atoms with van der Waals surface area (Å²) in [5.74, 6) is 0. The summed E-state index contributed by atoms with van der Waals surface area (Å²) in [6.45, 7) is 0. The van der Waals surface area contributed by atoms with E-state index in [9.17, 15) is 4.57 Å². The van der Waals surface area contributed by atoms with Crippen LogP contribution in [0.15, 0.2) is 0 Å². The van der Waals surface area contributed by atoms with Crippen molar-refractivity contribution < 1.29 is 14.4 Å². The van der Waals surface area contributed by atoms with Crippen molar-refractivity contribution >= 4 is 19.5 Å². The molecule has 7 heavy (non-hydrogen) atoms. The minimum absolute atomic E-state index is 0.326. The van der Waals surface area contributed by atoms with Crippen molar-refractivity contribution in [3.8, 4) is 0 Å². The van der Waals surface area contributed by atoms with E-state index in [0.29, 0.717) is 4.19 Å². The molecule has 0 aromatic heterocycles. The van der Waals surface area contributed by atoms with Gasteiger partial charge in [0.15, 0.2) is 0 Å². The fraction of sp³-hybridized carbons (Fsp3) is 1.00. The molecule has 0 aromatic rings. The lowest BCUT2D eigenvalue weighted by Crippen LogP contribution is -1.98. The van der Waals surface area contributed by atoms with Crippen molar-refractivity contribution in [2.24, 2.45) is 0 Å². The highest BCUT2D eigenvalue weighted by Gasteiger charge is 2.17. The first-order chi connectivity index (χ1) is 2.94. The van der Waals surface area contributed by atoms with Gasteiger partial charge in [-0.3, -0.25) is 0 Å². The van der Waals surface area contributed by atoms with Gasteiger partial charge in [0.05, 0.1) is 0 Å². The largest absolute Gasteiger partial charge is 0.416 e. The highest BCUT2D eigenvalue weighted by Crippen LogP contribution is 2.39. The highest BCUT2D eigenvalue weighted by atomic mass is 35.5. The van der Waals surface area contributed by atoms with Gasteiger partial charge in [-0.15, -0.1) is 4.19 Å². The van der Waals surface area contributed by atoms with Crippen molar-refractivity contribution in [3.63, 3.8) is 0 Å². The first-order valence-corrected chi connectivity index (χ1v) is 3.30. The van der Waals surface area contributed by atoms with Crippen LogP contribution in [0, 0.1) is 0 Å². The van der Waals surface area contributed by atoms with Crippen LogP contribution in [0.2, 0.25) is 0 Å². The second kappa shape index (κ2) is 2.11. The molecule has 0 aromatic carbocycles. The topological polar surface area (TPSA) is 60.8 Å². The summed E-state index contributed by atoms with van der Waals surface area (Å²) in [5, 5.41) is 0. The van der Waals surface area contributed by atoms with E-state index >= 15 is 0 Å². The Morgan fingerprint density at radius 2 is 1.86 bits per heavy atom. The van der Waals surface area contributed by atoms with Crippen LogP contribution in [-0.2, 0) is 4.57 Å².